The number of alkyl halides is 3. The maximum Gasteiger partial charge on any atom is 0.416 e. The quantitative estimate of drug-likeness (QED) is 0.252. The van der Waals surface area contributed by atoms with E-state index >= 15 is 0 Å². The van der Waals surface area contributed by atoms with Crippen LogP contribution in [0.15, 0.2) is 79.0 Å². The van der Waals surface area contributed by atoms with Crippen LogP contribution < -0.4 is 5.32 Å². The van der Waals surface area contributed by atoms with Crippen LogP contribution in [-0.2, 0) is 6.18 Å². The van der Waals surface area contributed by atoms with Gasteiger partial charge in [-0.15, -0.1) is 5.10 Å². The number of tetrazole rings is 1. The number of aromatic carboxylic acids is 1. The fourth-order valence-electron chi connectivity index (χ4n) is 3.27. The fourth-order valence-corrected chi connectivity index (χ4v) is 3.44. The number of rotatable bonds is 7. The molecule has 0 saturated carbocycles. The Morgan fingerprint density at radius 2 is 1.69 bits per heavy atom. The van der Waals surface area contributed by atoms with Crippen LogP contribution in [0.5, 0.6) is 0 Å². The summed E-state index contributed by atoms with van der Waals surface area (Å²) in [4.78, 5) is 25.1. The normalized spacial score (nSPS) is 11.8. The number of halogens is 4. The van der Waals surface area contributed by atoms with Crippen molar-refractivity contribution in [3.8, 4) is 5.69 Å². The molecule has 3 aromatic carbocycles. The topological polar surface area (TPSA) is 110 Å². The van der Waals surface area contributed by atoms with Gasteiger partial charge in [0.05, 0.1) is 28.1 Å². The molecule has 0 amide bonds. The third kappa shape index (κ3) is 5.26. The molecule has 182 valence electrons. The first-order valence-electron chi connectivity index (χ1n) is 10.2. The van der Waals surface area contributed by atoms with Crippen LogP contribution in [0.2, 0.25) is 5.02 Å². The largest absolute Gasteiger partial charge is 0.478 e. The molecule has 36 heavy (non-hydrogen) atoms. The second kappa shape index (κ2) is 10.0. The third-order valence-electron chi connectivity index (χ3n) is 5.01. The molecule has 1 heterocycles. The molecule has 4 aromatic rings. The van der Waals surface area contributed by atoms with Crippen LogP contribution in [0.4, 0.5) is 18.9 Å². The van der Waals surface area contributed by atoms with Gasteiger partial charge in [0.15, 0.2) is 11.6 Å². The smallest absolute Gasteiger partial charge is 0.416 e. The minimum Gasteiger partial charge on any atom is -0.478 e. The summed E-state index contributed by atoms with van der Waals surface area (Å²) >= 11 is 6.00. The zero-order valence-electron chi connectivity index (χ0n) is 18.1. The number of benzene rings is 3. The van der Waals surface area contributed by atoms with E-state index in [4.69, 9.17) is 11.6 Å². The van der Waals surface area contributed by atoms with Gasteiger partial charge in [0.2, 0.25) is 0 Å². The number of ketones is 1. The van der Waals surface area contributed by atoms with E-state index in [1.807, 2.05) is 0 Å². The number of carboxylic acid groups (broad SMARTS) is 1. The Morgan fingerprint density at radius 1 is 1.00 bits per heavy atom. The first kappa shape index (κ1) is 24.6. The number of allylic oxidation sites excluding steroid dienone is 1. The molecular formula is C24H15ClF3N5O3. The Bertz CT molecular complexity index is 1450. The minimum atomic E-state index is -4.57. The van der Waals surface area contributed by atoms with Gasteiger partial charge in [0.25, 0.3) is 0 Å². The van der Waals surface area contributed by atoms with Gasteiger partial charge in [-0.05, 0) is 52.9 Å². The Balaban J connectivity index is 1.81. The van der Waals surface area contributed by atoms with Crippen LogP contribution in [0.1, 0.15) is 32.1 Å². The average Bonchev–Trinajstić information content (AvgIpc) is 3.33. The predicted molar refractivity (Wildman–Crippen MR) is 125 cm³/mol. The highest BCUT2D eigenvalue weighted by Crippen LogP contribution is 2.30. The molecule has 0 spiro atoms. The van der Waals surface area contributed by atoms with Crippen LogP contribution in [-0.4, -0.2) is 37.1 Å². The Morgan fingerprint density at radius 3 is 2.33 bits per heavy atom. The van der Waals surface area contributed by atoms with Crippen molar-refractivity contribution in [1.82, 2.24) is 20.2 Å². The maximum absolute atomic E-state index is 13.5. The summed E-state index contributed by atoms with van der Waals surface area (Å²) in [6.45, 7) is 0. The highest BCUT2D eigenvalue weighted by Gasteiger charge is 2.31. The van der Waals surface area contributed by atoms with E-state index in [1.165, 1.54) is 29.1 Å². The molecule has 0 aliphatic carbocycles. The summed E-state index contributed by atoms with van der Waals surface area (Å²) in [5.74, 6) is -1.98. The molecular weight excluding hydrogens is 499 g/mol. The number of carbonyl (C=O) groups is 2. The summed E-state index contributed by atoms with van der Waals surface area (Å²) in [5, 5.41) is 24.0. The second-order valence-corrected chi connectivity index (χ2v) is 7.79. The van der Waals surface area contributed by atoms with Crippen LogP contribution in [0, 0.1) is 0 Å². The van der Waals surface area contributed by atoms with Gasteiger partial charge in [-0.25, -0.2) is 4.79 Å². The van der Waals surface area contributed by atoms with Gasteiger partial charge in [-0.2, -0.15) is 17.9 Å². The molecule has 0 bridgehead atoms. The van der Waals surface area contributed by atoms with Gasteiger partial charge in [-0.3, -0.25) is 4.79 Å². The highest BCUT2D eigenvalue weighted by atomic mass is 35.5. The summed E-state index contributed by atoms with van der Waals surface area (Å²) < 4.78 is 40.2. The van der Waals surface area contributed by atoms with E-state index in [0.29, 0.717) is 5.69 Å². The average molecular weight is 514 g/mol. The first-order valence-corrected chi connectivity index (χ1v) is 10.6. The molecule has 0 fully saturated rings. The number of hydrogen-bond acceptors (Lipinski definition) is 6. The number of carboxylic acids is 1. The highest BCUT2D eigenvalue weighted by molar-refractivity contribution is 6.31. The lowest BCUT2D eigenvalue weighted by atomic mass is 10.0. The number of nitrogens with zero attached hydrogens (tertiary/aromatic N) is 4. The van der Waals surface area contributed by atoms with Crippen LogP contribution >= 0.6 is 11.6 Å². The third-order valence-corrected chi connectivity index (χ3v) is 5.25. The molecule has 0 atom stereocenters. The van der Waals surface area contributed by atoms with Gasteiger partial charge < -0.3 is 10.4 Å². The Hall–Kier alpha value is -4.51. The molecule has 2 N–H and O–H groups in total. The SMILES string of the molecule is O=C(/C(=C\Nc1cc(Cl)ccc1C(=O)O)c1nnnn1-c1ccccc1)c1ccc(C(F)(F)F)cc1. The van der Waals surface area contributed by atoms with Crippen molar-refractivity contribution >= 4 is 34.6 Å². The monoisotopic (exact) mass is 513 g/mol. The summed E-state index contributed by atoms with van der Waals surface area (Å²) in [7, 11) is 0. The van der Waals surface area contributed by atoms with E-state index in [1.54, 1.807) is 30.3 Å². The van der Waals surface area contributed by atoms with Gasteiger partial charge in [-0.1, -0.05) is 41.9 Å². The zero-order valence-corrected chi connectivity index (χ0v) is 18.8. The summed E-state index contributed by atoms with van der Waals surface area (Å²) in [5.41, 5.74) is -0.659. The van der Waals surface area contributed by atoms with Crippen molar-refractivity contribution in [2.45, 2.75) is 6.18 Å². The van der Waals surface area contributed by atoms with Gasteiger partial charge >= 0.3 is 12.1 Å². The fraction of sp³-hybridized carbons (Fsp3) is 0.0417. The lowest BCUT2D eigenvalue weighted by Gasteiger charge is -2.12. The lowest BCUT2D eigenvalue weighted by molar-refractivity contribution is -0.137. The number of anilines is 1. The van der Waals surface area contributed by atoms with Gasteiger partial charge in [0, 0.05) is 16.8 Å². The molecule has 8 nitrogen and oxygen atoms in total. The summed E-state index contributed by atoms with van der Waals surface area (Å²) in [6, 6.07) is 16.3. The van der Waals surface area contributed by atoms with Crippen molar-refractivity contribution in [1.29, 1.82) is 0 Å². The van der Waals surface area contributed by atoms with E-state index in [2.05, 4.69) is 20.8 Å². The standard InChI is InChI=1S/C24H15ClF3N5O3/c25-16-10-11-18(23(35)36)20(12-16)29-13-19(21(34)14-6-8-15(9-7-14)24(26,27)28)22-30-31-32-33(22)17-4-2-1-3-5-17/h1-13,29H,(H,35,36)/b19-13+. The van der Waals surface area contributed by atoms with Crippen molar-refractivity contribution in [3.63, 3.8) is 0 Å². The molecule has 12 heteroatoms. The van der Waals surface area contributed by atoms with Crippen molar-refractivity contribution < 1.29 is 27.9 Å². The predicted octanol–water partition coefficient (Wildman–Crippen LogP) is 5.37. The molecule has 0 aliphatic heterocycles. The van der Waals surface area contributed by atoms with Crippen LogP contribution in [0.3, 0.4) is 0 Å². The number of Topliss-reactive ketones (excluding diaryl/α,β-unsaturated/α-hetero) is 1. The van der Waals surface area contributed by atoms with Crippen molar-refractivity contribution in [3.05, 3.63) is 107 Å². The van der Waals surface area contributed by atoms with E-state index in [-0.39, 0.29) is 33.2 Å². The Kier molecular flexibility index (Phi) is 6.84. The van der Waals surface area contributed by atoms with E-state index in [9.17, 15) is 27.9 Å². The van der Waals surface area contributed by atoms with Crippen LogP contribution in [0.25, 0.3) is 11.3 Å². The van der Waals surface area contributed by atoms with Gasteiger partial charge in [0.1, 0.15) is 0 Å². The molecule has 1 aromatic heterocycles. The van der Waals surface area contributed by atoms with E-state index < -0.39 is 23.5 Å². The second-order valence-electron chi connectivity index (χ2n) is 7.35. The van der Waals surface area contributed by atoms with Crippen molar-refractivity contribution in [2.75, 3.05) is 5.32 Å². The first-order chi connectivity index (χ1) is 17.1. The van der Waals surface area contributed by atoms with E-state index in [0.717, 1.165) is 24.3 Å². The number of nitrogens with one attached hydrogen (secondary N) is 1. The molecule has 0 unspecified atom stereocenters. The minimum absolute atomic E-state index is 0.0301. The number of para-hydroxylation sites is 1. The number of aromatic nitrogens is 4. The molecule has 0 radical (unpaired) electrons. The molecule has 0 aliphatic rings. The molecule has 4 rings (SSSR count). The molecule has 0 saturated heterocycles. The summed E-state index contributed by atoms with van der Waals surface area (Å²) in [6.07, 6.45) is -3.39. The maximum atomic E-state index is 13.5. The number of carbonyl (C=O) groups excluding carboxylic acids is 1. The van der Waals surface area contributed by atoms with Crippen molar-refractivity contribution in [2.24, 2.45) is 0 Å². The Labute approximate surface area is 206 Å². The lowest BCUT2D eigenvalue weighted by Crippen LogP contribution is -2.12. The number of hydrogen-bond donors (Lipinski definition) is 2. The zero-order chi connectivity index (χ0) is 25.9.